The normalized spacial score (nSPS) is 15.1. The SMILES string of the molecule is CN1CCNCC1.O=C(O)C(Cl)(c1ccccc1Cl)c1ccccc1Cl. The van der Waals surface area contributed by atoms with Gasteiger partial charge in [-0.3, -0.25) is 0 Å². The van der Waals surface area contributed by atoms with Crippen molar-refractivity contribution in [2.24, 2.45) is 0 Å². The zero-order valence-corrected chi connectivity index (χ0v) is 16.7. The molecule has 1 aliphatic rings. The molecule has 1 fully saturated rings. The van der Waals surface area contributed by atoms with Gasteiger partial charge in [-0.1, -0.05) is 71.2 Å². The standard InChI is InChI=1S/C14H9Cl3O2.C5H12N2/c15-11-7-3-1-5-9(11)14(17,13(18)19)10-6-2-4-8-12(10)16;1-7-4-2-6-3-5-7/h1-8H,(H,18,19);6H,2-5H2,1H3. The van der Waals surface area contributed by atoms with Gasteiger partial charge in [0.15, 0.2) is 4.87 Å². The maximum absolute atomic E-state index is 11.7. The van der Waals surface area contributed by atoms with Crippen LogP contribution in [-0.4, -0.2) is 49.2 Å². The van der Waals surface area contributed by atoms with Gasteiger partial charge in [-0.25, -0.2) is 4.79 Å². The highest BCUT2D eigenvalue weighted by Gasteiger charge is 2.43. The Morgan fingerprint density at radius 1 is 1.00 bits per heavy atom. The topological polar surface area (TPSA) is 52.6 Å². The first-order valence-electron chi connectivity index (χ1n) is 8.19. The molecule has 0 atom stereocenters. The van der Waals surface area contributed by atoms with Crippen LogP contribution in [0.15, 0.2) is 48.5 Å². The van der Waals surface area contributed by atoms with E-state index in [1.165, 1.54) is 13.1 Å². The number of carbonyl (C=O) groups is 1. The molecule has 2 aromatic rings. The van der Waals surface area contributed by atoms with Gasteiger partial charge in [-0.2, -0.15) is 0 Å². The van der Waals surface area contributed by atoms with E-state index in [4.69, 9.17) is 34.8 Å². The van der Waals surface area contributed by atoms with Crippen LogP contribution in [0.4, 0.5) is 0 Å². The molecule has 0 aromatic heterocycles. The summed E-state index contributed by atoms with van der Waals surface area (Å²) in [5.41, 5.74) is 0.581. The summed E-state index contributed by atoms with van der Waals surface area (Å²) in [6.45, 7) is 4.74. The van der Waals surface area contributed by atoms with E-state index in [0.29, 0.717) is 11.1 Å². The first-order chi connectivity index (χ1) is 12.4. The molecule has 0 unspecified atom stereocenters. The molecule has 3 rings (SSSR count). The van der Waals surface area contributed by atoms with Crippen LogP contribution in [0.25, 0.3) is 0 Å². The van der Waals surface area contributed by atoms with Gasteiger partial charge in [0.05, 0.1) is 0 Å². The summed E-state index contributed by atoms with van der Waals surface area (Å²) in [5.74, 6) is -1.23. The lowest BCUT2D eigenvalue weighted by Gasteiger charge is -2.25. The highest BCUT2D eigenvalue weighted by Crippen LogP contribution is 2.43. The predicted octanol–water partition coefficient (Wildman–Crippen LogP) is 4.08. The maximum atomic E-state index is 11.7. The van der Waals surface area contributed by atoms with Crippen LogP contribution in [0.5, 0.6) is 0 Å². The molecule has 140 valence electrons. The van der Waals surface area contributed by atoms with Gasteiger partial charge >= 0.3 is 5.97 Å². The largest absolute Gasteiger partial charge is 0.479 e. The molecule has 2 aromatic carbocycles. The molecule has 0 spiro atoms. The Morgan fingerprint density at radius 2 is 1.42 bits per heavy atom. The molecule has 0 saturated carbocycles. The van der Waals surface area contributed by atoms with Crippen molar-refractivity contribution in [2.45, 2.75) is 4.87 Å². The fourth-order valence-electron chi connectivity index (χ4n) is 2.63. The summed E-state index contributed by atoms with van der Waals surface area (Å²) in [6.07, 6.45) is 0. The second-order valence-corrected chi connectivity index (χ2v) is 7.36. The Bertz CT molecular complexity index is 704. The Kier molecular flexibility index (Phi) is 7.74. The average molecular weight is 416 g/mol. The Labute approximate surface area is 168 Å². The summed E-state index contributed by atoms with van der Waals surface area (Å²) in [6, 6.07) is 13.1. The van der Waals surface area contributed by atoms with Crippen molar-refractivity contribution in [1.82, 2.24) is 10.2 Å². The van der Waals surface area contributed by atoms with Gasteiger partial charge in [-0.15, -0.1) is 0 Å². The number of rotatable bonds is 3. The zero-order chi connectivity index (χ0) is 19.2. The first-order valence-corrected chi connectivity index (χ1v) is 9.32. The number of benzene rings is 2. The minimum absolute atomic E-state index is 0.278. The van der Waals surface area contributed by atoms with Crippen molar-refractivity contribution in [1.29, 1.82) is 0 Å². The fraction of sp³-hybridized carbons (Fsp3) is 0.316. The van der Waals surface area contributed by atoms with Crippen LogP contribution in [-0.2, 0) is 9.67 Å². The molecule has 0 bridgehead atoms. The lowest BCUT2D eigenvalue weighted by molar-refractivity contribution is -0.139. The van der Waals surface area contributed by atoms with Gasteiger partial charge in [0, 0.05) is 47.4 Å². The van der Waals surface area contributed by atoms with Gasteiger partial charge in [0.2, 0.25) is 0 Å². The smallest absolute Gasteiger partial charge is 0.334 e. The summed E-state index contributed by atoms with van der Waals surface area (Å²) < 4.78 is 0. The molecule has 0 aliphatic carbocycles. The number of hydrogen-bond acceptors (Lipinski definition) is 3. The van der Waals surface area contributed by atoms with E-state index in [2.05, 4.69) is 17.3 Å². The van der Waals surface area contributed by atoms with Gasteiger partial charge in [-0.05, 0) is 19.2 Å². The van der Waals surface area contributed by atoms with E-state index < -0.39 is 10.8 Å². The molecule has 26 heavy (non-hydrogen) atoms. The van der Waals surface area contributed by atoms with Crippen molar-refractivity contribution >= 4 is 40.8 Å². The first kappa shape index (κ1) is 21.0. The molecule has 0 radical (unpaired) electrons. The Morgan fingerprint density at radius 3 is 1.73 bits per heavy atom. The van der Waals surface area contributed by atoms with Crippen molar-refractivity contribution < 1.29 is 9.90 Å². The predicted molar refractivity (Wildman–Crippen MR) is 108 cm³/mol. The molecule has 7 heteroatoms. The molecule has 1 aliphatic heterocycles. The monoisotopic (exact) mass is 414 g/mol. The van der Waals surface area contributed by atoms with Gasteiger partial charge in [0.1, 0.15) is 0 Å². The maximum Gasteiger partial charge on any atom is 0.334 e. The molecular weight excluding hydrogens is 395 g/mol. The number of aliphatic carboxylic acids is 1. The third-order valence-electron chi connectivity index (χ3n) is 4.13. The number of halogens is 3. The number of likely N-dealkylation sites (N-methyl/N-ethyl adjacent to an activating group) is 1. The molecule has 1 saturated heterocycles. The minimum atomic E-state index is -1.81. The van der Waals surface area contributed by atoms with E-state index in [9.17, 15) is 9.90 Å². The van der Waals surface area contributed by atoms with Crippen LogP contribution in [0, 0.1) is 0 Å². The lowest BCUT2D eigenvalue weighted by Crippen LogP contribution is -2.40. The molecular formula is C19H21Cl3N2O2. The summed E-state index contributed by atoms with van der Waals surface area (Å²) in [5, 5.41) is 13.4. The van der Waals surface area contributed by atoms with Crippen LogP contribution in [0.3, 0.4) is 0 Å². The van der Waals surface area contributed by atoms with Gasteiger partial charge < -0.3 is 15.3 Å². The number of piperazine rings is 1. The second-order valence-electron chi connectivity index (χ2n) is 5.98. The van der Waals surface area contributed by atoms with Crippen LogP contribution in [0.2, 0.25) is 10.0 Å². The van der Waals surface area contributed by atoms with E-state index in [1.54, 1.807) is 48.5 Å². The molecule has 2 N–H and O–H groups in total. The highest BCUT2D eigenvalue weighted by atomic mass is 35.5. The van der Waals surface area contributed by atoms with E-state index in [1.807, 2.05) is 0 Å². The second kappa shape index (κ2) is 9.58. The third-order valence-corrected chi connectivity index (χ3v) is 5.35. The molecule has 0 amide bonds. The Balaban J connectivity index is 0.000000290. The minimum Gasteiger partial charge on any atom is -0.479 e. The molecule has 4 nitrogen and oxygen atoms in total. The lowest BCUT2D eigenvalue weighted by atomic mass is 9.90. The van der Waals surface area contributed by atoms with E-state index >= 15 is 0 Å². The van der Waals surface area contributed by atoms with E-state index in [0.717, 1.165) is 13.1 Å². The van der Waals surface area contributed by atoms with E-state index in [-0.39, 0.29) is 10.0 Å². The van der Waals surface area contributed by atoms with Crippen molar-refractivity contribution in [2.75, 3.05) is 33.2 Å². The number of carboxylic acid groups (broad SMARTS) is 1. The fourth-order valence-corrected chi connectivity index (χ4v) is 3.61. The zero-order valence-electron chi connectivity index (χ0n) is 14.4. The average Bonchev–Trinajstić information content (AvgIpc) is 2.63. The number of hydrogen-bond donors (Lipinski definition) is 2. The van der Waals surface area contributed by atoms with Crippen molar-refractivity contribution in [3.8, 4) is 0 Å². The number of nitrogens with zero attached hydrogens (tertiary/aromatic N) is 1. The van der Waals surface area contributed by atoms with Crippen LogP contribution in [0.1, 0.15) is 11.1 Å². The van der Waals surface area contributed by atoms with Crippen molar-refractivity contribution in [3.63, 3.8) is 0 Å². The summed E-state index contributed by atoms with van der Waals surface area (Å²) in [7, 11) is 2.15. The van der Waals surface area contributed by atoms with Gasteiger partial charge in [0.25, 0.3) is 0 Å². The summed E-state index contributed by atoms with van der Waals surface area (Å²) in [4.78, 5) is 12.2. The number of alkyl halides is 1. The quantitative estimate of drug-likeness (QED) is 0.742. The summed E-state index contributed by atoms with van der Waals surface area (Å²) >= 11 is 18.5. The van der Waals surface area contributed by atoms with Crippen molar-refractivity contribution in [3.05, 3.63) is 69.7 Å². The highest BCUT2D eigenvalue weighted by molar-refractivity contribution is 6.41. The third kappa shape index (κ3) is 4.90. The van der Waals surface area contributed by atoms with Crippen LogP contribution < -0.4 is 5.32 Å². The van der Waals surface area contributed by atoms with Crippen LogP contribution >= 0.6 is 34.8 Å². The number of nitrogens with one attached hydrogen (secondary N) is 1. The Hall–Kier alpha value is -1.30. The number of carboxylic acids is 1. The molecule has 1 heterocycles.